The summed E-state index contributed by atoms with van der Waals surface area (Å²) in [5.41, 5.74) is 0. The minimum absolute atomic E-state index is 0. The van der Waals surface area contributed by atoms with Gasteiger partial charge in [0, 0.05) is 11.5 Å². The molecule has 0 bridgehead atoms. The summed E-state index contributed by atoms with van der Waals surface area (Å²) in [6.07, 6.45) is -4.24. The van der Waals surface area contributed by atoms with E-state index in [1.54, 1.807) is 0 Å². The molecule has 11 heavy (non-hydrogen) atoms. The van der Waals surface area contributed by atoms with Gasteiger partial charge < -0.3 is 9.90 Å². The zero-order valence-corrected chi connectivity index (χ0v) is 9.31. The fourth-order valence-electron chi connectivity index (χ4n) is 0.647. The molecule has 0 unspecified atom stereocenters. The Kier molecular flexibility index (Phi) is 5.40. The Morgan fingerprint density at radius 1 is 1.45 bits per heavy atom. The fraction of sp³-hybridized carbons (Fsp3) is 0.875. The maximum Gasteiger partial charge on any atom is 1.00 e. The first kappa shape index (κ1) is 6.93. The predicted molar refractivity (Wildman–Crippen MR) is 38.3 cm³/mol. The van der Waals surface area contributed by atoms with Crippen molar-refractivity contribution in [2.24, 2.45) is 5.92 Å². The van der Waals surface area contributed by atoms with Gasteiger partial charge in [0.2, 0.25) is 0 Å². The van der Waals surface area contributed by atoms with Crippen molar-refractivity contribution in [1.29, 1.82) is 0 Å². The standard InChI is InChI=1S/C8H16O2.Na/c1-3-5-7(6-4-2)8(9)10;/h7H,3-6H2,1-2H3,(H,9,10);/q;+1/p-1/i5D2,6D2;. The summed E-state index contributed by atoms with van der Waals surface area (Å²) >= 11 is 0. The van der Waals surface area contributed by atoms with Gasteiger partial charge in [0.1, 0.15) is 0 Å². The molecule has 0 saturated carbocycles. The van der Waals surface area contributed by atoms with Crippen LogP contribution in [0.1, 0.15) is 44.9 Å². The van der Waals surface area contributed by atoms with Gasteiger partial charge in [0.05, 0.1) is 0 Å². The largest absolute Gasteiger partial charge is 1.00 e. The second-order valence-electron chi connectivity index (χ2n) is 1.87. The minimum Gasteiger partial charge on any atom is -0.550 e. The molecule has 0 rings (SSSR count). The maximum absolute atomic E-state index is 10.7. The van der Waals surface area contributed by atoms with Crippen molar-refractivity contribution in [3.05, 3.63) is 0 Å². The van der Waals surface area contributed by atoms with Crippen molar-refractivity contribution in [3.8, 4) is 0 Å². The fourth-order valence-corrected chi connectivity index (χ4v) is 0.647. The van der Waals surface area contributed by atoms with Crippen molar-refractivity contribution < 1.29 is 44.9 Å². The second kappa shape index (κ2) is 8.57. The molecule has 0 aliphatic rings. The van der Waals surface area contributed by atoms with E-state index in [2.05, 4.69) is 0 Å². The average molecular weight is 170 g/mol. The summed E-state index contributed by atoms with van der Waals surface area (Å²) in [7, 11) is 0. The van der Waals surface area contributed by atoms with Crippen molar-refractivity contribution in [3.63, 3.8) is 0 Å². The molecule has 0 saturated heterocycles. The van der Waals surface area contributed by atoms with E-state index in [9.17, 15) is 9.90 Å². The van der Waals surface area contributed by atoms with Crippen molar-refractivity contribution in [2.75, 3.05) is 0 Å². The Balaban J connectivity index is 0. The molecule has 0 aromatic carbocycles. The molecule has 3 heteroatoms. The summed E-state index contributed by atoms with van der Waals surface area (Å²) in [4.78, 5) is 10.7. The Bertz CT molecular complexity index is 205. The number of carboxylic acid groups (broad SMARTS) is 1. The van der Waals surface area contributed by atoms with Crippen molar-refractivity contribution in [1.82, 2.24) is 0 Å². The number of carbonyl (C=O) groups is 1. The average Bonchev–Trinajstić information content (AvgIpc) is 2.02. The molecule has 0 aliphatic heterocycles. The monoisotopic (exact) mass is 170 g/mol. The number of hydrogen-bond acceptors (Lipinski definition) is 2. The van der Waals surface area contributed by atoms with Crippen molar-refractivity contribution >= 4 is 5.97 Å². The van der Waals surface area contributed by atoms with Gasteiger partial charge in [-0.2, -0.15) is 0 Å². The molecule has 0 atom stereocenters. The van der Waals surface area contributed by atoms with Crippen molar-refractivity contribution in [2.45, 2.75) is 39.4 Å². The Hall–Kier alpha value is 0.470. The number of aliphatic carboxylic acids is 1. The third-order valence-electron chi connectivity index (χ3n) is 1.05. The molecule has 0 aromatic heterocycles. The van der Waals surface area contributed by atoms with E-state index >= 15 is 0 Å². The Morgan fingerprint density at radius 2 is 1.82 bits per heavy atom. The van der Waals surface area contributed by atoms with Crippen LogP contribution in [-0.4, -0.2) is 5.97 Å². The summed E-state index contributed by atoms with van der Waals surface area (Å²) in [6.45, 7) is 2.98. The summed E-state index contributed by atoms with van der Waals surface area (Å²) < 4.78 is 29.7. The third kappa shape index (κ3) is 6.85. The number of carbonyl (C=O) groups excluding carboxylic acids is 1. The number of hydrogen-bond donors (Lipinski definition) is 0. The molecule has 60 valence electrons. The van der Waals surface area contributed by atoms with Gasteiger partial charge in [0.25, 0.3) is 0 Å². The normalized spacial score (nSPS) is 17.4. The van der Waals surface area contributed by atoms with Gasteiger partial charge in [-0.1, -0.05) is 26.7 Å². The van der Waals surface area contributed by atoms with E-state index in [-0.39, 0.29) is 42.4 Å². The van der Waals surface area contributed by atoms with E-state index in [0.29, 0.717) is 0 Å². The van der Waals surface area contributed by atoms with E-state index < -0.39 is 24.6 Å². The Morgan fingerprint density at radius 3 is 2.00 bits per heavy atom. The summed E-state index contributed by atoms with van der Waals surface area (Å²) in [5, 5.41) is 10.7. The molecule has 0 heterocycles. The van der Waals surface area contributed by atoms with Gasteiger partial charge in [0.15, 0.2) is 0 Å². The predicted octanol–water partition coefficient (Wildman–Crippen LogP) is -2.04. The molecule has 0 spiro atoms. The molecule has 0 aromatic rings. The number of carboxylic acids is 1. The molecular weight excluding hydrogens is 151 g/mol. The maximum atomic E-state index is 10.7. The topological polar surface area (TPSA) is 40.1 Å². The second-order valence-corrected chi connectivity index (χ2v) is 1.87. The quantitative estimate of drug-likeness (QED) is 0.446. The van der Waals surface area contributed by atoms with E-state index in [1.807, 2.05) is 0 Å². The Labute approximate surface area is 96.3 Å². The minimum atomic E-state index is -2.07. The molecule has 0 N–H and O–H groups in total. The van der Waals surface area contributed by atoms with Crippen LogP contribution in [0.25, 0.3) is 0 Å². The first-order valence-electron chi connectivity index (χ1n) is 5.40. The van der Waals surface area contributed by atoms with Crippen LogP contribution < -0.4 is 34.7 Å². The van der Waals surface area contributed by atoms with Gasteiger partial charge in [-0.15, -0.1) is 0 Å². The van der Waals surface area contributed by atoms with Crippen LogP contribution in [-0.2, 0) is 4.79 Å². The van der Waals surface area contributed by atoms with Gasteiger partial charge in [-0.25, -0.2) is 0 Å². The molecule has 0 aliphatic carbocycles. The van der Waals surface area contributed by atoms with Crippen LogP contribution in [0.15, 0.2) is 0 Å². The first-order chi connectivity index (χ1) is 6.19. The van der Waals surface area contributed by atoms with Crippen LogP contribution >= 0.6 is 0 Å². The molecule has 2 nitrogen and oxygen atoms in total. The zero-order valence-electron chi connectivity index (χ0n) is 11.3. The first-order valence-corrected chi connectivity index (χ1v) is 3.40. The van der Waals surface area contributed by atoms with E-state index in [4.69, 9.17) is 5.48 Å². The summed E-state index contributed by atoms with van der Waals surface area (Å²) in [5.74, 6) is -3.38. The van der Waals surface area contributed by atoms with Crippen LogP contribution in [0.5, 0.6) is 0 Å². The van der Waals surface area contributed by atoms with Gasteiger partial charge >= 0.3 is 29.6 Å². The number of rotatable bonds is 5. The smallest absolute Gasteiger partial charge is 0.550 e. The SMILES string of the molecule is [2H]C([2H])(CC)C(C(=O)[O-])C([2H])([2H])CC.[Na+]. The van der Waals surface area contributed by atoms with Gasteiger partial charge in [-0.05, 0) is 18.7 Å². The molecule has 0 fully saturated rings. The molecule has 0 amide bonds. The van der Waals surface area contributed by atoms with Gasteiger partial charge in [-0.3, -0.25) is 0 Å². The molecular formula is C8H15NaO2. The van der Waals surface area contributed by atoms with E-state index in [0.717, 1.165) is 0 Å². The zero-order chi connectivity index (χ0) is 11.6. The van der Waals surface area contributed by atoms with Crippen LogP contribution in [0.4, 0.5) is 0 Å². The van der Waals surface area contributed by atoms with Crippen LogP contribution in [0.3, 0.4) is 0 Å². The van der Waals surface area contributed by atoms with Crippen LogP contribution in [0, 0.1) is 5.92 Å². The third-order valence-corrected chi connectivity index (χ3v) is 1.05. The van der Waals surface area contributed by atoms with Crippen LogP contribution in [0.2, 0.25) is 0 Å². The summed E-state index contributed by atoms with van der Waals surface area (Å²) in [6, 6.07) is 0. The van der Waals surface area contributed by atoms with E-state index in [1.165, 1.54) is 13.8 Å². The molecule has 0 radical (unpaired) electrons.